The fourth-order valence-electron chi connectivity index (χ4n) is 2.69. The number of fused-ring (bicyclic) bond motifs is 2. The van der Waals surface area contributed by atoms with Gasteiger partial charge in [0, 0.05) is 11.4 Å². The molecule has 1 saturated heterocycles. The molecule has 2 heterocycles. The molecule has 1 atom stereocenters. The van der Waals surface area contributed by atoms with Crippen LogP contribution in [0.25, 0.3) is 0 Å². The van der Waals surface area contributed by atoms with Crippen molar-refractivity contribution in [3.8, 4) is 0 Å². The van der Waals surface area contributed by atoms with Crippen LogP contribution in [-0.4, -0.2) is 16.3 Å². The normalized spacial score (nSPS) is 30.7. The highest BCUT2D eigenvalue weighted by Gasteiger charge is 2.38. The van der Waals surface area contributed by atoms with Crippen molar-refractivity contribution in [2.75, 3.05) is 6.54 Å². The highest BCUT2D eigenvalue weighted by molar-refractivity contribution is 8.00. The van der Waals surface area contributed by atoms with E-state index in [-0.39, 0.29) is 0 Å². The molecular formula is C13H17NS. The number of hydrogen-bond acceptors (Lipinski definition) is 2. The highest BCUT2D eigenvalue weighted by Crippen LogP contribution is 2.47. The molecule has 0 bridgehead atoms. The molecule has 0 N–H and O–H groups in total. The summed E-state index contributed by atoms with van der Waals surface area (Å²) in [6, 6.07) is 8.87. The molecule has 2 heteroatoms. The van der Waals surface area contributed by atoms with Gasteiger partial charge < -0.3 is 0 Å². The van der Waals surface area contributed by atoms with Crippen LogP contribution >= 0.6 is 11.8 Å². The SMILES string of the molecule is CC12CCCCN1Cc1ccccc1S2. The van der Waals surface area contributed by atoms with Crippen molar-refractivity contribution >= 4 is 11.8 Å². The Hall–Kier alpha value is -0.470. The molecule has 1 nitrogen and oxygen atoms in total. The lowest BCUT2D eigenvalue weighted by Crippen LogP contribution is -2.48. The molecule has 0 aromatic heterocycles. The Labute approximate surface area is 95.9 Å². The van der Waals surface area contributed by atoms with Gasteiger partial charge in [0.1, 0.15) is 0 Å². The van der Waals surface area contributed by atoms with E-state index in [1.807, 2.05) is 0 Å². The summed E-state index contributed by atoms with van der Waals surface area (Å²) in [6.45, 7) is 4.84. The van der Waals surface area contributed by atoms with Gasteiger partial charge in [-0.25, -0.2) is 0 Å². The van der Waals surface area contributed by atoms with Crippen molar-refractivity contribution in [3.63, 3.8) is 0 Å². The van der Waals surface area contributed by atoms with Crippen LogP contribution in [0.5, 0.6) is 0 Å². The van der Waals surface area contributed by atoms with Crippen molar-refractivity contribution in [2.24, 2.45) is 0 Å². The van der Waals surface area contributed by atoms with Crippen LogP contribution in [0.15, 0.2) is 29.2 Å². The van der Waals surface area contributed by atoms with E-state index in [2.05, 4.69) is 47.9 Å². The van der Waals surface area contributed by atoms with Crippen LogP contribution in [0.3, 0.4) is 0 Å². The van der Waals surface area contributed by atoms with Gasteiger partial charge in [-0.2, -0.15) is 0 Å². The first-order valence-electron chi connectivity index (χ1n) is 5.80. The smallest absolute Gasteiger partial charge is 0.0691 e. The minimum Gasteiger partial charge on any atom is -0.285 e. The van der Waals surface area contributed by atoms with Crippen LogP contribution in [0, 0.1) is 0 Å². The summed E-state index contributed by atoms with van der Waals surface area (Å²) in [7, 11) is 0. The largest absolute Gasteiger partial charge is 0.285 e. The Bertz CT molecular complexity index is 377. The summed E-state index contributed by atoms with van der Waals surface area (Å²) in [5, 5.41) is 0. The number of piperidine rings is 1. The van der Waals surface area contributed by atoms with Crippen LogP contribution in [0.1, 0.15) is 31.7 Å². The third kappa shape index (κ3) is 1.60. The zero-order valence-electron chi connectivity index (χ0n) is 9.20. The fourth-order valence-corrected chi connectivity index (χ4v) is 4.10. The van der Waals surface area contributed by atoms with Crippen LogP contribution in [0.2, 0.25) is 0 Å². The lowest BCUT2D eigenvalue weighted by atomic mass is 10.0. The number of thioether (sulfide) groups is 1. The second kappa shape index (κ2) is 3.53. The predicted octanol–water partition coefficient (Wildman–Crippen LogP) is 3.49. The Kier molecular flexibility index (Phi) is 2.29. The molecular weight excluding hydrogens is 202 g/mol. The van der Waals surface area contributed by atoms with Crippen molar-refractivity contribution in [2.45, 2.75) is 42.5 Å². The number of rotatable bonds is 0. The van der Waals surface area contributed by atoms with E-state index in [1.165, 1.54) is 36.3 Å². The van der Waals surface area contributed by atoms with Crippen LogP contribution in [0.4, 0.5) is 0 Å². The summed E-state index contributed by atoms with van der Waals surface area (Å²) in [6.07, 6.45) is 4.10. The first kappa shape index (κ1) is 9.73. The first-order chi connectivity index (χ1) is 7.28. The molecule has 0 saturated carbocycles. The van der Waals surface area contributed by atoms with E-state index in [4.69, 9.17) is 0 Å². The average Bonchev–Trinajstić information content (AvgIpc) is 2.25. The lowest BCUT2D eigenvalue weighted by molar-refractivity contribution is 0.121. The summed E-state index contributed by atoms with van der Waals surface area (Å²) < 4.78 is 0. The topological polar surface area (TPSA) is 3.24 Å². The molecule has 2 aliphatic heterocycles. The molecule has 0 aliphatic carbocycles. The summed E-state index contributed by atoms with van der Waals surface area (Å²) in [5.41, 5.74) is 1.52. The average molecular weight is 219 g/mol. The molecule has 1 aromatic carbocycles. The Morgan fingerprint density at radius 3 is 3.07 bits per heavy atom. The molecule has 0 radical (unpaired) electrons. The van der Waals surface area contributed by atoms with Crippen molar-refractivity contribution in [1.82, 2.24) is 4.90 Å². The van der Waals surface area contributed by atoms with Gasteiger partial charge in [-0.1, -0.05) is 18.2 Å². The van der Waals surface area contributed by atoms with E-state index >= 15 is 0 Å². The Morgan fingerprint density at radius 2 is 2.13 bits per heavy atom. The third-order valence-corrected chi connectivity index (χ3v) is 5.17. The maximum absolute atomic E-state index is 2.66. The van der Waals surface area contributed by atoms with Crippen LogP contribution in [-0.2, 0) is 6.54 Å². The van der Waals surface area contributed by atoms with Crippen molar-refractivity contribution in [3.05, 3.63) is 29.8 Å². The maximum atomic E-state index is 2.66. The summed E-state index contributed by atoms with van der Waals surface area (Å²) >= 11 is 2.07. The van der Waals surface area contributed by atoms with Crippen LogP contribution < -0.4 is 0 Å². The van der Waals surface area contributed by atoms with Gasteiger partial charge in [0.2, 0.25) is 0 Å². The lowest BCUT2D eigenvalue weighted by Gasteiger charge is -2.47. The minimum atomic E-state index is 0.368. The van der Waals surface area contributed by atoms with Crippen molar-refractivity contribution < 1.29 is 0 Å². The summed E-state index contributed by atoms with van der Waals surface area (Å²) in [5.74, 6) is 0. The molecule has 0 amide bonds. The fraction of sp³-hybridized carbons (Fsp3) is 0.538. The van der Waals surface area contributed by atoms with E-state index in [1.54, 1.807) is 0 Å². The first-order valence-corrected chi connectivity index (χ1v) is 6.62. The molecule has 1 aromatic rings. The predicted molar refractivity (Wildman–Crippen MR) is 65.0 cm³/mol. The van der Waals surface area contributed by atoms with Gasteiger partial charge in [-0.15, -0.1) is 11.8 Å². The molecule has 1 fully saturated rings. The molecule has 3 rings (SSSR count). The maximum Gasteiger partial charge on any atom is 0.0691 e. The highest BCUT2D eigenvalue weighted by atomic mass is 32.2. The Balaban J connectivity index is 1.98. The molecule has 15 heavy (non-hydrogen) atoms. The van der Waals surface area contributed by atoms with Gasteiger partial charge in [0.25, 0.3) is 0 Å². The quantitative estimate of drug-likeness (QED) is 0.657. The van der Waals surface area contributed by atoms with Gasteiger partial charge in [-0.3, -0.25) is 4.90 Å². The zero-order valence-corrected chi connectivity index (χ0v) is 10.0. The van der Waals surface area contributed by atoms with Gasteiger partial charge in [0.05, 0.1) is 4.87 Å². The number of nitrogens with zero attached hydrogens (tertiary/aromatic N) is 1. The Morgan fingerprint density at radius 1 is 1.27 bits per heavy atom. The van der Waals surface area contributed by atoms with Crippen molar-refractivity contribution in [1.29, 1.82) is 0 Å². The summed E-state index contributed by atoms with van der Waals surface area (Å²) in [4.78, 5) is 4.52. The van der Waals surface area contributed by atoms with E-state index in [9.17, 15) is 0 Å². The molecule has 0 spiro atoms. The standard InChI is InChI=1S/C13H17NS/c1-13-8-4-5-9-14(13)10-11-6-2-3-7-12(11)15-13/h2-3,6-7H,4-5,8-10H2,1H3. The third-order valence-electron chi connectivity index (χ3n) is 3.65. The minimum absolute atomic E-state index is 0.368. The van der Waals surface area contributed by atoms with Gasteiger partial charge in [0.15, 0.2) is 0 Å². The second-order valence-corrected chi connectivity index (χ2v) is 6.29. The molecule has 2 aliphatic rings. The van der Waals surface area contributed by atoms with E-state index < -0.39 is 0 Å². The zero-order chi connectivity index (χ0) is 10.3. The monoisotopic (exact) mass is 219 g/mol. The number of benzene rings is 1. The van der Waals surface area contributed by atoms with Gasteiger partial charge in [-0.05, 0) is 44.4 Å². The van der Waals surface area contributed by atoms with E-state index in [0.717, 1.165) is 6.54 Å². The van der Waals surface area contributed by atoms with Gasteiger partial charge >= 0.3 is 0 Å². The second-order valence-electron chi connectivity index (χ2n) is 4.76. The molecule has 1 unspecified atom stereocenters. The number of hydrogen-bond donors (Lipinski definition) is 0. The van der Waals surface area contributed by atoms with E-state index in [0.29, 0.717) is 4.87 Å². The molecule has 80 valence electrons.